The Labute approximate surface area is 106 Å². The summed E-state index contributed by atoms with van der Waals surface area (Å²) in [5, 5.41) is 2.65. The summed E-state index contributed by atoms with van der Waals surface area (Å²) in [4.78, 5) is 5.09. The third kappa shape index (κ3) is 1.73. The number of aromatic nitrogens is 1. The van der Waals surface area contributed by atoms with Gasteiger partial charge in [0.05, 0.1) is 5.69 Å². The summed E-state index contributed by atoms with van der Waals surface area (Å²) in [6.07, 6.45) is 1.63. The van der Waals surface area contributed by atoms with Crippen LogP contribution < -0.4 is 5.73 Å². The summed E-state index contributed by atoms with van der Waals surface area (Å²) in [6.45, 7) is 0. The number of anilines is 1. The van der Waals surface area contributed by atoms with Crippen LogP contribution in [0.1, 0.15) is 0 Å². The molecule has 0 saturated carbocycles. The lowest BCUT2D eigenvalue weighted by Gasteiger charge is -2.02. The van der Waals surface area contributed by atoms with Gasteiger partial charge in [0, 0.05) is 22.5 Å². The minimum atomic E-state index is -0.870. The number of thiophene rings is 1. The summed E-state index contributed by atoms with van der Waals surface area (Å²) in [5.74, 6) is -1.73. The SMILES string of the molecule is Nc1csc2ncc(-c3ccc(F)c(F)c3)cc12. The van der Waals surface area contributed by atoms with Crippen molar-refractivity contribution in [2.75, 3.05) is 5.73 Å². The highest BCUT2D eigenvalue weighted by molar-refractivity contribution is 7.17. The van der Waals surface area contributed by atoms with Gasteiger partial charge < -0.3 is 5.73 Å². The van der Waals surface area contributed by atoms with Crippen molar-refractivity contribution in [2.45, 2.75) is 0 Å². The standard InChI is InChI=1S/C13H8F2N2S/c14-10-2-1-7(4-11(10)15)8-3-9-12(16)6-18-13(9)17-5-8/h1-6H,16H2. The van der Waals surface area contributed by atoms with Gasteiger partial charge in [-0.2, -0.15) is 0 Å². The Balaban J connectivity index is 2.18. The van der Waals surface area contributed by atoms with Crippen molar-refractivity contribution in [3.8, 4) is 11.1 Å². The molecule has 2 heterocycles. The van der Waals surface area contributed by atoms with E-state index < -0.39 is 11.6 Å². The van der Waals surface area contributed by atoms with Gasteiger partial charge in [0.2, 0.25) is 0 Å². The predicted molar refractivity (Wildman–Crippen MR) is 69.4 cm³/mol. The minimum Gasteiger partial charge on any atom is -0.398 e. The van der Waals surface area contributed by atoms with Gasteiger partial charge in [-0.1, -0.05) is 6.07 Å². The van der Waals surface area contributed by atoms with Crippen molar-refractivity contribution in [1.29, 1.82) is 0 Å². The maximum absolute atomic E-state index is 13.2. The molecule has 2 N–H and O–H groups in total. The molecule has 3 rings (SSSR count). The van der Waals surface area contributed by atoms with E-state index in [-0.39, 0.29) is 0 Å². The molecule has 0 radical (unpaired) electrons. The highest BCUT2D eigenvalue weighted by atomic mass is 32.1. The summed E-state index contributed by atoms with van der Waals surface area (Å²) in [5.41, 5.74) is 7.75. The van der Waals surface area contributed by atoms with Crippen LogP contribution in [0.25, 0.3) is 21.3 Å². The molecule has 0 bridgehead atoms. The highest BCUT2D eigenvalue weighted by Crippen LogP contribution is 2.30. The van der Waals surface area contributed by atoms with E-state index in [1.807, 2.05) is 11.4 Å². The van der Waals surface area contributed by atoms with Gasteiger partial charge >= 0.3 is 0 Å². The first-order valence-corrected chi connectivity index (χ1v) is 6.11. The second-order valence-electron chi connectivity index (χ2n) is 3.90. The largest absolute Gasteiger partial charge is 0.398 e. The Bertz CT molecular complexity index is 737. The number of halogens is 2. The van der Waals surface area contributed by atoms with Crippen molar-refractivity contribution in [3.05, 3.63) is 47.5 Å². The average molecular weight is 262 g/mol. The van der Waals surface area contributed by atoms with Gasteiger partial charge in [0.25, 0.3) is 0 Å². The monoisotopic (exact) mass is 262 g/mol. The Kier molecular flexibility index (Phi) is 2.48. The Morgan fingerprint density at radius 1 is 1.06 bits per heavy atom. The van der Waals surface area contributed by atoms with Crippen molar-refractivity contribution in [3.63, 3.8) is 0 Å². The number of hydrogen-bond donors (Lipinski definition) is 1. The summed E-state index contributed by atoms with van der Waals surface area (Å²) < 4.78 is 26.1. The van der Waals surface area contributed by atoms with Crippen LogP contribution in [0, 0.1) is 11.6 Å². The van der Waals surface area contributed by atoms with Crippen LogP contribution in [0.3, 0.4) is 0 Å². The molecule has 0 fully saturated rings. The second kappa shape index (κ2) is 4.03. The molecule has 3 aromatic rings. The molecule has 0 spiro atoms. The Morgan fingerprint density at radius 2 is 1.89 bits per heavy atom. The number of nitrogens with two attached hydrogens (primary N) is 1. The fourth-order valence-electron chi connectivity index (χ4n) is 1.77. The second-order valence-corrected chi connectivity index (χ2v) is 4.75. The lowest BCUT2D eigenvalue weighted by Crippen LogP contribution is -1.87. The first-order chi connectivity index (χ1) is 8.65. The predicted octanol–water partition coefficient (Wildman–Crippen LogP) is 3.82. The first-order valence-electron chi connectivity index (χ1n) is 5.23. The van der Waals surface area contributed by atoms with Gasteiger partial charge in [-0.25, -0.2) is 13.8 Å². The van der Waals surface area contributed by atoms with Crippen LogP contribution in [0.5, 0.6) is 0 Å². The first kappa shape index (κ1) is 11.1. The molecule has 0 amide bonds. The number of nitrogen functional groups attached to an aromatic ring is 1. The molecule has 0 saturated heterocycles. The molecule has 2 aromatic heterocycles. The molecule has 0 aliphatic carbocycles. The number of rotatable bonds is 1. The van der Waals surface area contributed by atoms with E-state index in [1.165, 1.54) is 17.4 Å². The number of hydrogen-bond acceptors (Lipinski definition) is 3. The molecular weight excluding hydrogens is 254 g/mol. The van der Waals surface area contributed by atoms with E-state index in [0.29, 0.717) is 16.8 Å². The lowest BCUT2D eigenvalue weighted by molar-refractivity contribution is 0.509. The van der Waals surface area contributed by atoms with Crippen LogP contribution in [0.4, 0.5) is 14.5 Å². The molecule has 0 atom stereocenters. The molecule has 5 heteroatoms. The smallest absolute Gasteiger partial charge is 0.159 e. The summed E-state index contributed by atoms with van der Waals surface area (Å²) >= 11 is 1.45. The maximum Gasteiger partial charge on any atom is 0.159 e. The number of nitrogens with zero attached hydrogens (tertiary/aromatic N) is 1. The van der Waals surface area contributed by atoms with Crippen molar-refractivity contribution >= 4 is 27.2 Å². The zero-order valence-electron chi connectivity index (χ0n) is 9.15. The minimum absolute atomic E-state index is 0.578. The molecule has 0 aliphatic heterocycles. The number of benzene rings is 1. The van der Waals surface area contributed by atoms with Crippen LogP contribution >= 0.6 is 11.3 Å². The molecular formula is C13H8F2N2S. The van der Waals surface area contributed by atoms with Gasteiger partial charge in [-0.3, -0.25) is 0 Å². The normalized spacial score (nSPS) is 11.0. The van der Waals surface area contributed by atoms with Crippen LogP contribution in [-0.4, -0.2) is 4.98 Å². The molecule has 2 nitrogen and oxygen atoms in total. The summed E-state index contributed by atoms with van der Waals surface area (Å²) in [7, 11) is 0. The fourth-order valence-corrected chi connectivity index (χ4v) is 2.55. The lowest BCUT2D eigenvalue weighted by atomic mass is 10.1. The zero-order chi connectivity index (χ0) is 12.7. The highest BCUT2D eigenvalue weighted by Gasteiger charge is 2.08. The van der Waals surface area contributed by atoms with E-state index in [9.17, 15) is 8.78 Å². The van der Waals surface area contributed by atoms with Crippen LogP contribution in [0.15, 0.2) is 35.8 Å². The average Bonchev–Trinajstić information content (AvgIpc) is 2.74. The third-order valence-corrected chi connectivity index (χ3v) is 3.63. The van der Waals surface area contributed by atoms with E-state index in [0.717, 1.165) is 22.3 Å². The van der Waals surface area contributed by atoms with Crippen molar-refractivity contribution in [2.24, 2.45) is 0 Å². The van der Waals surface area contributed by atoms with Crippen LogP contribution in [-0.2, 0) is 0 Å². The summed E-state index contributed by atoms with van der Waals surface area (Å²) in [6, 6.07) is 5.61. The zero-order valence-corrected chi connectivity index (χ0v) is 9.97. The van der Waals surface area contributed by atoms with Gasteiger partial charge in [0.1, 0.15) is 4.83 Å². The molecule has 1 aromatic carbocycles. The Hall–Kier alpha value is -2.01. The van der Waals surface area contributed by atoms with E-state index >= 15 is 0 Å². The number of pyridine rings is 1. The topological polar surface area (TPSA) is 38.9 Å². The molecule has 18 heavy (non-hydrogen) atoms. The van der Waals surface area contributed by atoms with E-state index in [2.05, 4.69) is 4.98 Å². The van der Waals surface area contributed by atoms with Crippen molar-refractivity contribution < 1.29 is 8.78 Å². The fraction of sp³-hybridized carbons (Fsp3) is 0. The van der Waals surface area contributed by atoms with E-state index in [4.69, 9.17) is 5.73 Å². The third-order valence-electron chi connectivity index (χ3n) is 2.71. The number of fused-ring (bicyclic) bond motifs is 1. The van der Waals surface area contributed by atoms with Crippen molar-refractivity contribution in [1.82, 2.24) is 4.98 Å². The maximum atomic E-state index is 13.2. The van der Waals surface area contributed by atoms with E-state index in [1.54, 1.807) is 6.20 Å². The van der Waals surface area contributed by atoms with Crippen LogP contribution in [0.2, 0.25) is 0 Å². The van der Waals surface area contributed by atoms with Gasteiger partial charge in [-0.05, 0) is 23.8 Å². The quantitative estimate of drug-likeness (QED) is 0.724. The molecule has 0 aliphatic rings. The van der Waals surface area contributed by atoms with Gasteiger partial charge in [0.15, 0.2) is 11.6 Å². The molecule has 0 unspecified atom stereocenters. The van der Waals surface area contributed by atoms with Gasteiger partial charge in [-0.15, -0.1) is 11.3 Å². The Morgan fingerprint density at radius 3 is 2.67 bits per heavy atom. The molecule has 90 valence electrons.